The Morgan fingerprint density at radius 2 is 1.43 bits per heavy atom. The van der Waals surface area contributed by atoms with Crippen molar-refractivity contribution in [1.29, 1.82) is 0 Å². The molecule has 4 nitrogen and oxygen atoms in total. The molecule has 0 atom stereocenters. The van der Waals surface area contributed by atoms with Gasteiger partial charge in [-0.1, -0.05) is 124 Å². The maximum absolute atomic E-state index is 11.7. The second-order valence-electron chi connectivity index (χ2n) is 17.0. The van der Waals surface area contributed by atoms with E-state index in [1.54, 1.807) is 0 Å². The van der Waals surface area contributed by atoms with E-state index in [2.05, 4.69) is 92.6 Å². The summed E-state index contributed by atoms with van der Waals surface area (Å²) in [6.07, 6.45) is 8.81. The largest absolute Gasteiger partial charge is 0.512 e. The van der Waals surface area contributed by atoms with Crippen LogP contribution in [-0.2, 0) is 43.2 Å². The Kier molecular flexibility index (Phi) is 13.0. The zero-order valence-corrected chi connectivity index (χ0v) is 34.8. The van der Waals surface area contributed by atoms with E-state index >= 15 is 0 Å². The van der Waals surface area contributed by atoms with Gasteiger partial charge in [0.2, 0.25) is 0 Å². The zero-order valence-electron chi connectivity index (χ0n) is 32.4. The minimum absolute atomic E-state index is 0. The van der Waals surface area contributed by atoms with Gasteiger partial charge < -0.3 is 14.5 Å². The Hall–Kier alpha value is -2.75. The number of allylic oxidation sites excluding steroid dienone is 2. The van der Waals surface area contributed by atoms with Crippen molar-refractivity contribution in [1.82, 2.24) is 4.98 Å². The van der Waals surface area contributed by atoms with E-state index in [0.717, 1.165) is 60.9 Å². The van der Waals surface area contributed by atoms with Crippen LogP contribution >= 0.6 is 0 Å². The molecule has 4 aromatic rings. The number of aryl methyl sites for hydroxylation is 1. The van der Waals surface area contributed by atoms with Crippen molar-refractivity contribution in [3.8, 4) is 11.3 Å². The maximum Gasteiger partial charge on any atom is 0.162 e. The van der Waals surface area contributed by atoms with Crippen LogP contribution in [-0.4, -0.2) is 15.9 Å². The van der Waals surface area contributed by atoms with E-state index in [4.69, 9.17) is 9.40 Å². The van der Waals surface area contributed by atoms with E-state index in [1.807, 2.05) is 33.9 Å². The minimum atomic E-state index is -0.194. The third kappa shape index (κ3) is 8.77. The zero-order chi connectivity index (χ0) is 35.8. The fraction of sp³-hybridized carbons (Fsp3) is 0.545. The van der Waals surface area contributed by atoms with Crippen molar-refractivity contribution in [3.05, 3.63) is 76.2 Å². The van der Waals surface area contributed by atoms with Crippen LogP contribution < -0.4 is 0 Å². The molecule has 1 radical (unpaired) electrons. The van der Waals surface area contributed by atoms with Gasteiger partial charge in [0.25, 0.3) is 0 Å². The number of pyridine rings is 1. The van der Waals surface area contributed by atoms with Crippen molar-refractivity contribution in [2.24, 2.45) is 22.7 Å². The molecule has 1 aliphatic carbocycles. The number of carbonyl (C=O) groups is 1. The molecule has 0 saturated carbocycles. The van der Waals surface area contributed by atoms with Gasteiger partial charge in [-0.15, -0.1) is 17.7 Å². The van der Waals surface area contributed by atoms with Crippen molar-refractivity contribution in [2.45, 2.75) is 134 Å². The van der Waals surface area contributed by atoms with Gasteiger partial charge in [-0.2, -0.15) is 0 Å². The summed E-state index contributed by atoms with van der Waals surface area (Å²) in [6.45, 7) is 28.6. The number of hydrogen-bond acceptors (Lipinski definition) is 4. The molecule has 0 fully saturated rings. The molecule has 1 N–H and O–H groups in total. The Morgan fingerprint density at radius 3 is 1.98 bits per heavy atom. The molecular formula is C44H60IrNO3-. The molecular weight excluding hydrogens is 783 g/mol. The van der Waals surface area contributed by atoms with Crippen LogP contribution in [0.4, 0.5) is 0 Å². The van der Waals surface area contributed by atoms with E-state index in [9.17, 15) is 9.90 Å². The van der Waals surface area contributed by atoms with Crippen LogP contribution in [0.3, 0.4) is 0 Å². The van der Waals surface area contributed by atoms with Gasteiger partial charge in [-0.25, -0.2) is 0 Å². The fourth-order valence-electron chi connectivity index (χ4n) is 7.31. The van der Waals surface area contributed by atoms with E-state index in [0.29, 0.717) is 0 Å². The number of carbonyl (C=O) groups excluding carboxylic acids is 1. The average molecular weight is 843 g/mol. The molecule has 2 aromatic carbocycles. The van der Waals surface area contributed by atoms with Crippen molar-refractivity contribution >= 4 is 27.7 Å². The Bertz CT molecular complexity index is 1800. The molecule has 5 rings (SSSR count). The van der Waals surface area contributed by atoms with E-state index in [-0.39, 0.29) is 59.7 Å². The fourth-order valence-corrected chi connectivity index (χ4v) is 7.31. The molecule has 2 heterocycles. The summed E-state index contributed by atoms with van der Waals surface area (Å²) in [5.74, 6) is 0.547. The monoisotopic (exact) mass is 843 g/mol. The Balaban J connectivity index is 0.000000347. The topological polar surface area (TPSA) is 63.3 Å². The summed E-state index contributed by atoms with van der Waals surface area (Å²) in [4.78, 5) is 16.7. The van der Waals surface area contributed by atoms with Gasteiger partial charge in [0.15, 0.2) is 5.78 Å². The summed E-state index contributed by atoms with van der Waals surface area (Å²) >= 11 is 0. The maximum atomic E-state index is 11.7. The van der Waals surface area contributed by atoms with Crippen LogP contribution in [0.15, 0.2) is 46.7 Å². The number of nitrogens with zero attached hydrogens (tertiary/aromatic N) is 1. The first kappa shape index (κ1) is 40.7. The molecule has 2 aromatic heterocycles. The van der Waals surface area contributed by atoms with Crippen molar-refractivity contribution in [3.63, 3.8) is 0 Å². The second-order valence-corrected chi connectivity index (χ2v) is 17.0. The number of hydrogen-bond donors (Lipinski definition) is 1. The Morgan fingerprint density at radius 1 is 0.878 bits per heavy atom. The molecule has 0 bridgehead atoms. The van der Waals surface area contributed by atoms with Crippen LogP contribution in [0.25, 0.3) is 33.2 Å². The normalized spacial score (nSPS) is 14.1. The number of aromatic nitrogens is 1. The van der Waals surface area contributed by atoms with Crippen molar-refractivity contribution in [2.75, 3.05) is 0 Å². The Labute approximate surface area is 309 Å². The van der Waals surface area contributed by atoms with Crippen LogP contribution in [0.2, 0.25) is 0 Å². The molecule has 5 heteroatoms. The van der Waals surface area contributed by atoms with Crippen molar-refractivity contribution < 1.29 is 34.4 Å². The predicted octanol–water partition coefficient (Wildman–Crippen LogP) is 12.4. The van der Waals surface area contributed by atoms with Gasteiger partial charge in [0, 0.05) is 49.6 Å². The molecule has 0 aliphatic heterocycles. The molecule has 0 amide bonds. The summed E-state index contributed by atoms with van der Waals surface area (Å²) in [5, 5.41) is 12.2. The SMILES string of the molecule is CCC(CC)C(=O)/C=C(\O)C(CC)CC.Cc1cnc2c(c1)C(C)(C)c1ccc(CC(C)(C)C)c3oc4c(CC(C)(C)C)c[c-]c-2c4c13.[Ir]. The molecule has 1 aliphatic rings. The summed E-state index contributed by atoms with van der Waals surface area (Å²) in [7, 11) is 0. The first-order valence-corrected chi connectivity index (χ1v) is 18.2. The average Bonchev–Trinajstić information content (AvgIpc) is 3.36. The summed E-state index contributed by atoms with van der Waals surface area (Å²) in [5.41, 5.74) is 10.6. The number of benzene rings is 2. The van der Waals surface area contributed by atoms with Crippen LogP contribution in [0, 0.1) is 35.7 Å². The van der Waals surface area contributed by atoms with Gasteiger partial charge in [-0.3, -0.25) is 4.79 Å². The first-order chi connectivity index (χ1) is 22.4. The number of ketones is 1. The van der Waals surface area contributed by atoms with Gasteiger partial charge in [-0.05, 0) is 77.6 Å². The number of rotatable bonds is 9. The van der Waals surface area contributed by atoms with Crippen LogP contribution in [0.5, 0.6) is 0 Å². The van der Waals surface area contributed by atoms with Gasteiger partial charge >= 0.3 is 0 Å². The summed E-state index contributed by atoms with van der Waals surface area (Å²) in [6, 6.07) is 12.8. The van der Waals surface area contributed by atoms with Crippen LogP contribution in [0.1, 0.15) is 137 Å². The third-order valence-electron chi connectivity index (χ3n) is 9.98. The smallest absolute Gasteiger partial charge is 0.162 e. The number of aliphatic hydroxyl groups is 1. The van der Waals surface area contributed by atoms with Gasteiger partial charge in [0.1, 0.15) is 5.58 Å². The number of fused-ring (bicyclic) bond motifs is 2. The second kappa shape index (κ2) is 15.6. The van der Waals surface area contributed by atoms with E-state index in [1.165, 1.54) is 44.7 Å². The molecule has 269 valence electrons. The quantitative estimate of drug-likeness (QED) is 0.104. The molecule has 0 saturated heterocycles. The molecule has 0 unspecified atom stereocenters. The number of furan rings is 1. The van der Waals surface area contributed by atoms with Gasteiger partial charge in [0.05, 0.1) is 11.3 Å². The minimum Gasteiger partial charge on any atom is -0.512 e. The standard InChI is InChI=1S/C31H36NO.C13H24O2.Ir/c1-18-14-23-26(32-17-18)21-12-10-19(15-29(2,3)4)27-24(21)25-22(31(23,8)9)13-11-20(28(25)33-27)16-30(5,6)7;1-5-10(6-2)12(14)9-13(15)11(7-3)8-4;/h10-11,13-14,17H,15-16H2,1-9H3;9-11,14H,5-8H2,1-4H3;/q-1;;/b;12-9-;. The summed E-state index contributed by atoms with van der Waals surface area (Å²) < 4.78 is 6.85. The first-order valence-electron chi connectivity index (χ1n) is 18.2. The third-order valence-corrected chi connectivity index (χ3v) is 9.98. The molecule has 0 spiro atoms. The number of aliphatic hydroxyl groups excluding tert-OH is 1. The molecule has 49 heavy (non-hydrogen) atoms. The van der Waals surface area contributed by atoms with E-state index < -0.39 is 0 Å². The predicted molar refractivity (Wildman–Crippen MR) is 203 cm³/mol.